The molecule has 2 unspecified atom stereocenters. The zero-order chi connectivity index (χ0) is 20.7. The molecule has 6 heteroatoms. The van der Waals surface area contributed by atoms with Gasteiger partial charge < -0.3 is 19.3 Å². The molecule has 5 rings (SSSR count). The summed E-state index contributed by atoms with van der Waals surface area (Å²) >= 11 is 0. The van der Waals surface area contributed by atoms with Crippen LogP contribution in [0.3, 0.4) is 0 Å². The lowest BCUT2D eigenvalue weighted by Crippen LogP contribution is -2.59. The number of carbonyl (C=O) groups excluding carboxylic acids is 1. The number of ether oxygens (including phenoxy) is 2. The van der Waals surface area contributed by atoms with Gasteiger partial charge in [-0.3, -0.25) is 9.69 Å². The molecule has 6 nitrogen and oxygen atoms in total. The number of para-hydroxylation sites is 3. The number of fused-ring (bicyclic) bond motifs is 1. The molecule has 1 spiro atoms. The number of nitrogens with zero attached hydrogens (tertiary/aromatic N) is 3. The molecule has 0 saturated carbocycles. The average Bonchev–Trinajstić information content (AvgIpc) is 3.04. The first-order valence-electron chi connectivity index (χ1n) is 10.8. The van der Waals surface area contributed by atoms with Gasteiger partial charge in [-0.15, -0.1) is 0 Å². The number of hydrogen-bond donors (Lipinski definition) is 0. The van der Waals surface area contributed by atoms with Gasteiger partial charge in [0.25, 0.3) is 0 Å². The summed E-state index contributed by atoms with van der Waals surface area (Å²) in [6, 6.07) is 18.4. The van der Waals surface area contributed by atoms with Crippen molar-refractivity contribution in [2.24, 2.45) is 0 Å². The van der Waals surface area contributed by atoms with E-state index < -0.39 is 5.54 Å². The summed E-state index contributed by atoms with van der Waals surface area (Å²) in [5, 5.41) is 0. The first-order valence-corrected chi connectivity index (χ1v) is 10.8. The summed E-state index contributed by atoms with van der Waals surface area (Å²) in [6.45, 7) is 5.14. The van der Waals surface area contributed by atoms with Gasteiger partial charge in [0.1, 0.15) is 18.2 Å². The Bertz CT molecular complexity index is 911. The van der Waals surface area contributed by atoms with Crippen LogP contribution in [-0.2, 0) is 4.79 Å². The molecule has 3 heterocycles. The van der Waals surface area contributed by atoms with E-state index in [2.05, 4.69) is 28.9 Å². The number of rotatable bonds is 3. The lowest BCUT2D eigenvalue weighted by atomic mass is 9.84. The second-order valence-electron chi connectivity index (χ2n) is 8.63. The molecule has 2 aromatic rings. The standard InChI is InChI=1S/C24H29N3O3/c1-18(22-16-29-20-10-6-7-11-21(20)30-22)26-14-12-24(13-15-26)23(28)25(2)17-27(24)19-8-4-3-5-9-19/h3-11,18,22H,12-17H2,1-2H3. The van der Waals surface area contributed by atoms with Crippen molar-refractivity contribution in [3.05, 3.63) is 54.6 Å². The smallest absolute Gasteiger partial charge is 0.249 e. The molecule has 0 radical (unpaired) electrons. The fourth-order valence-corrected chi connectivity index (χ4v) is 5.11. The average molecular weight is 408 g/mol. The molecule has 0 bridgehead atoms. The van der Waals surface area contributed by atoms with Crippen LogP contribution in [0.25, 0.3) is 0 Å². The second-order valence-corrected chi connectivity index (χ2v) is 8.63. The Morgan fingerprint density at radius 2 is 1.67 bits per heavy atom. The van der Waals surface area contributed by atoms with E-state index in [1.807, 2.05) is 54.4 Å². The zero-order valence-electron chi connectivity index (χ0n) is 17.7. The summed E-state index contributed by atoms with van der Waals surface area (Å²) in [4.78, 5) is 19.8. The zero-order valence-corrected chi connectivity index (χ0v) is 17.7. The van der Waals surface area contributed by atoms with E-state index in [0.717, 1.165) is 43.1 Å². The minimum absolute atomic E-state index is 0.0128. The van der Waals surface area contributed by atoms with Crippen LogP contribution < -0.4 is 14.4 Å². The lowest BCUT2D eigenvalue weighted by Gasteiger charge is -2.46. The van der Waals surface area contributed by atoms with Gasteiger partial charge >= 0.3 is 0 Å². The van der Waals surface area contributed by atoms with Crippen LogP contribution in [0.4, 0.5) is 5.69 Å². The molecule has 3 aliphatic rings. The molecule has 0 N–H and O–H groups in total. The van der Waals surface area contributed by atoms with Crippen LogP contribution in [-0.4, -0.2) is 66.8 Å². The largest absolute Gasteiger partial charge is 0.486 e. The molecule has 158 valence electrons. The number of hydrogen-bond acceptors (Lipinski definition) is 5. The van der Waals surface area contributed by atoms with Crippen LogP contribution in [0.15, 0.2) is 54.6 Å². The van der Waals surface area contributed by atoms with Crippen molar-refractivity contribution in [3.63, 3.8) is 0 Å². The molecular formula is C24H29N3O3. The van der Waals surface area contributed by atoms with Crippen LogP contribution in [0, 0.1) is 0 Å². The third-order valence-electron chi connectivity index (χ3n) is 6.95. The van der Waals surface area contributed by atoms with E-state index in [1.165, 1.54) is 0 Å². The normalized spacial score (nSPS) is 24.3. The molecule has 2 saturated heterocycles. The van der Waals surface area contributed by atoms with Gasteiger partial charge in [0.05, 0.1) is 6.67 Å². The van der Waals surface area contributed by atoms with Crippen molar-refractivity contribution in [3.8, 4) is 11.5 Å². The number of piperidine rings is 1. The second kappa shape index (κ2) is 7.51. The Morgan fingerprint density at radius 1 is 1.00 bits per heavy atom. The van der Waals surface area contributed by atoms with Crippen molar-refractivity contribution in [1.82, 2.24) is 9.80 Å². The Kier molecular flexibility index (Phi) is 4.82. The van der Waals surface area contributed by atoms with E-state index in [0.29, 0.717) is 13.3 Å². The fourth-order valence-electron chi connectivity index (χ4n) is 5.11. The van der Waals surface area contributed by atoms with Crippen molar-refractivity contribution < 1.29 is 14.3 Å². The maximum Gasteiger partial charge on any atom is 0.249 e. The quantitative estimate of drug-likeness (QED) is 0.783. The number of carbonyl (C=O) groups is 1. The van der Waals surface area contributed by atoms with Crippen LogP contribution in [0.1, 0.15) is 19.8 Å². The highest BCUT2D eigenvalue weighted by Crippen LogP contribution is 2.40. The maximum absolute atomic E-state index is 13.2. The van der Waals surface area contributed by atoms with E-state index in [9.17, 15) is 4.79 Å². The molecule has 2 aromatic carbocycles. The maximum atomic E-state index is 13.2. The monoisotopic (exact) mass is 407 g/mol. The van der Waals surface area contributed by atoms with Crippen molar-refractivity contribution in [2.45, 2.75) is 37.5 Å². The van der Waals surface area contributed by atoms with Gasteiger partial charge in [0.2, 0.25) is 5.91 Å². The molecule has 30 heavy (non-hydrogen) atoms. The van der Waals surface area contributed by atoms with Crippen LogP contribution >= 0.6 is 0 Å². The molecule has 2 atom stereocenters. The predicted octanol–water partition coefficient (Wildman–Crippen LogP) is 2.99. The molecule has 1 amide bonds. The van der Waals surface area contributed by atoms with Crippen molar-refractivity contribution >= 4 is 11.6 Å². The Morgan fingerprint density at radius 3 is 2.40 bits per heavy atom. The van der Waals surface area contributed by atoms with Crippen molar-refractivity contribution in [2.75, 3.05) is 38.3 Å². The van der Waals surface area contributed by atoms with Gasteiger partial charge in [-0.05, 0) is 44.0 Å². The fraction of sp³-hybridized carbons (Fsp3) is 0.458. The number of amides is 1. The minimum atomic E-state index is -0.442. The highest BCUT2D eigenvalue weighted by atomic mass is 16.6. The SMILES string of the molecule is CC(C1COc2ccccc2O1)N1CCC2(CC1)C(=O)N(C)CN2c1ccccc1. The van der Waals surface area contributed by atoms with E-state index in [4.69, 9.17) is 9.47 Å². The summed E-state index contributed by atoms with van der Waals surface area (Å²) in [7, 11) is 1.91. The lowest BCUT2D eigenvalue weighted by molar-refractivity contribution is -0.132. The highest BCUT2D eigenvalue weighted by Gasteiger charge is 2.53. The topological polar surface area (TPSA) is 45.3 Å². The highest BCUT2D eigenvalue weighted by molar-refractivity contribution is 5.93. The third-order valence-corrected chi connectivity index (χ3v) is 6.95. The van der Waals surface area contributed by atoms with Gasteiger partial charge in [-0.1, -0.05) is 30.3 Å². The van der Waals surface area contributed by atoms with Crippen molar-refractivity contribution in [1.29, 1.82) is 0 Å². The third kappa shape index (κ3) is 3.10. The molecule has 2 fully saturated rings. The predicted molar refractivity (Wildman–Crippen MR) is 116 cm³/mol. The minimum Gasteiger partial charge on any atom is -0.486 e. The summed E-state index contributed by atoms with van der Waals surface area (Å²) in [5.41, 5.74) is 0.681. The van der Waals surface area contributed by atoms with Crippen LogP contribution in [0.5, 0.6) is 11.5 Å². The van der Waals surface area contributed by atoms with E-state index in [1.54, 1.807) is 0 Å². The molecular weight excluding hydrogens is 378 g/mol. The number of anilines is 1. The molecule has 3 aliphatic heterocycles. The summed E-state index contributed by atoms with van der Waals surface area (Å²) in [5.74, 6) is 1.87. The van der Waals surface area contributed by atoms with E-state index >= 15 is 0 Å². The Labute approximate surface area is 178 Å². The number of likely N-dealkylation sites (N-methyl/N-ethyl adjacent to an activating group) is 1. The molecule has 0 aliphatic carbocycles. The van der Waals surface area contributed by atoms with Gasteiger partial charge in [-0.2, -0.15) is 0 Å². The Hall–Kier alpha value is -2.73. The first-order chi connectivity index (χ1) is 14.6. The van der Waals surface area contributed by atoms with Gasteiger partial charge in [0, 0.05) is 31.9 Å². The number of benzene rings is 2. The summed E-state index contributed by atoms with van der Waals surface area (Å²) in [6.07, 6.45) is 1.63. The molecule has 0 aromatic heterocycles. The van der Waals surface area contributed by atoms with Crippen LogP contribution in [0.2, 0.25) is 0 Å². The first kappa shape index (κ1) is 19.2. The summed E-state index contributed by atoms with van der Waals surface area (Å²) < 4.78 is 12.2. The Balaban J connectivity index is 1.30. The van der Waals surface area contributed by atoms with Gasteiger partial charge in [-0.25, -0.2) is 0 Å². The number of likely N-dealkylation sites (tertiary alicyclic amines) is 1. The van der Waals surface area contributed by atoms with E-state index in [-0.39, 0.29) is 18.1 Å². The van der Waals surface area contributed by atoms with Gasteiger partial charge in [0.15, 0.2) is 11.5 Å².